The van der Waals surface area contributed by atoms with Crippen LogP contribution in [0.2, 0.25) is 0 Å². The number of aryl methyl sites for hydroxylation is 2. The van der Waals surface area contributed by atoms with E-state index in [2.05, 4.69) is 9.36 Å². The van der Waals surface area contributed by atoms with Crippen LogP contribution in [0.1, 0.15) is 11.4 Å². The predicted octanol–water partition coefficient (Wildman–Crippen LogP) is 2.89. The monoisotopic (exact) mass is 237 g/mol. The molecule has 0 atom stereocenters. The van der Waals surface area contributed by atoms with Gasteiger partial charge in [-0.25, -0.2) is 4.98 Å². The van der Waals surface area contributed by atoms with E-state index in [0.29, 0.717) is 0 Å². The summed E-state index contributed by atoms with van der Waals surface area (Å²) in [5.74, 6) is 0.814. The molecule has 2 rings (SSSR count). The SMILES string of the molecule is Cc1nsc(Sc2c(C)cccc2N)n1. The maximum absolute atomic E-state index is 5.91. The average Bonchev–Trinajstić information content (AvgIpc) is 2.58. The van der Waals surface area contributed by atoms with Gasteiger partial charge in [0.05, 0.1) is 0 Å². The Morgan fingerprint density at radius 1 is 1.33 bits per heavy atom. The summed E-state index contributed by atoms with van der Waals surface area (Å²) in [6.45, 7) is 3.94. The van der Waals surface area contributed by atoms with Crippen molar-refractivity contribution in [2.45, 2.75) is 23.1 Å². The molecule has 5 heteroatoms. The Kier molecular flexibility index (Phi) is 2.93. The molecule has 1 aromatic heterocycles. The molecule has 0 radical (unpaired) electrons. The molecule has 78 valence electrons. The quantitative estimate of drug-likeness (QED) is 0.816. The van der Waals surface area contributed by atoms with Gasteiger partial charge in [-0.3, -0.25) is 0 Å². The largest absolute Gasteiger partial charge is 0.398 e. The topological polar surface area (TPSA) is 51.8 Å². The van der Waals surface area contributed by atoms with Crippen molar-refractivity contribution >= 4 is 29.0 Å². The molecule has 15 heavy (non-hydrogen) atoms. The molecule has 0 unspecified atom stereocenters. The highest BCUT2D eigenvalue weighted by Crippen LogP contribution is 2.35. The Morgan fingerprint density at radius 2 is 2.13 bits per heavy atom. The summed E-state index contributed by atoms with van der Waals surface area (Å²) < 4.78 is 5.08. The Labute approximate surface area is 96.9 Å². The summed E-state index contributed by atoms with van der Waals surface area (Å²) in [6, 6.07) is 5.91. The minimum Gasteiger partial charge on any atom is -0.398 e. The normalized spacial score (nSPS) is 10.5. The Hall–Kier alpha value is -1.07. The summed E-state index contributed by atoms with van der Waals surface area (Å²) >= 11 is 2.99. The smallest absolute Gasteiger partial charge is 0.174 e. The van der Waals surface area contributed by atoms with E-state index in [0.717, 1.165) is 20.7 Å². The minimum absolute atomic E-state index is 0.799. The maximum atomic E-state index is 5.91. The number of nitrogens with two attached hydrogens (primary N) is 1. The fourth-order valence-corrected chi connectivity index (χ4v) is 2.92. The molecule has 0 amide bonds. The molecule has 0 saturated carbocycles. The van der Waals surface area contributed by atoms with Crippen LogP contribution >= 0.6 is 23.3 Å². The van der Waals surface area contributed by atoms with Gasteiger partial charge < -0.3 is 5.73 Å². The van der Waals surface area contributed by atoms with Crippen LogP contribution in [0.5, 0.6) is 0 Å². The van der Waals surface area contributed by atoms with Crippen LogP contribution in [-0.4, -0.2) is 9.36 Å². The number of hydrogen-bond acceptors (Lipinski definition) is 5. The molecule has 1 heterocycles. The summed E-state index contributed by atoms with van der Waals surface area (Å²) in [6.07, 6.45) is 0. The molecular weight excluding hydrogens is 226 g/mol. The zero-order valence-corrected chi connectivity index (χ0v) is 10.2. The van der Waals surface area contributed by atoms with E-state index in [1.807, 2.05) is 32.0 Å². The van der Waals surface area contributed by atoms with Gasteiger partial charge >= 0.3 is 0 Å². The lowest BCUT2D eigenvalue weighted by atomic mass is 10.2. The highest BCUT2D eigenvalue weighted by Gasteiger charge is 2.08. The van der Waals surface area contributed by atoms with Crippen LogP contribution in [0.3, 0.4) is 0 Å². The van der Waals surface area contributed by atoms with Gasteiger partial charge in [0, 0.05) is 10.6 Å². The predicted molar refractivity (Wildman–Crippen MR) is 64.4 cm³/mol. The van der Waals surface area contributed by atoms with Gasteiger partial charge in [-0.1, -0.05) is 23.9 Å². The summed E-state index contributed by atoms with van der Waals surface area (Å²) in [4.78, 5) is 5.38. The summed E-state index contributed by atoms with van der Waals surface area (Å²) in [5.41, 5.74) is 7.88. The van der Waals surface area contributed by atoms with Gasteiger partial charge in [0.15, 0.2) is 4.34 Å². The minimum atomic E-state index is 0.799. The fraction of sp³-hybridized carbons (Fsp3) is 0.200. The van der Waals surface area contributed by atoms with E-state index in [4.69, 9.17) is 5.73 Å². The van der Waals surface area contributed by atoms with Crippen molar-refractivity contribution in [1.29, 1.82) is 0 Å². The van der Waals surface area contributed by atoms with Crippen LogP contribution in [0.4, 0.5) is 5.69 Å². The number of hydrogen-bond donors (Lipinski definition) is 1. The zero-order valence-electron chi connectivity index (χ0n) is 8.52. The third-order valence-corrected chi connectivity index (χ3v) is 4.04. The number of rotatable bonds is 2. The highest BCUT2D eigenvalue weighted by molar-refractivity contribution is 8.01. The second-order valence-corrected chi connectivity index (χ2v) is 5.21. The number of anilines is 1. The molecule has 1 aromatic carbocycles. The molecule has 3 nitrogen and oxygen atoms in total. The van der Waals surface area contributed by atoms with Crippen LogP contribution in [0.15, 0.2) is 27.4 Å². The van der Waals surface area contributed by atoms with Crippen LogP contribution < -0.4 is 5.73 Å². The second-order valence-electron chi connectivity index (χ2n) is 3.20. The van der Waals surface area contributed by atoms with Gasteiger partial charge in [0.2, 0.25) is 0 Å². The lowest BCUT2D eigenvalue weighted by molar-refractivity contribution is 1.10. The fourth-order valence-electron chi connectivity index (χ4n) is 1.22. The van der Waals surface area contributed by atoms with E-state index < -0.39 is 0 Å². The Bertz CT molecular complexity index is 459. The first-order valence-electron chi connectivity index (χ1n) is 4.50. The van der Waals surface area contributed by atoms with E-state index in [9.17, 15) is 0 Å². The van der Waals surface area contributed by atoms with E-state index in [-0.39, 0.29) is 0 Å². The lowest BCUT2D eigenvalue weighted by Gasteiger charge is -2.05. The second kappa shape index (κ2) is 4.20. The number of aromatic nitrogens is 2. The van der Waals surface area contributed by atoms with Crippen molar-refractivity contribution in [3.05, 3.63) is 29.6 Å². The molecule has 0 aliphatic carbocycles. The number of benzene rings is 1. The standard InChI is InChI=1S/C10H11N3S2/c1-6-4-3-5-8(11)9(6)14-10-12-7(2)13-15-10/h3-5H,11H2,1-2H3. The molecule has 2 N–H and O–H groups in total. The van der Waals surface area contributed by atoms with Crippen molar-refractivity contribution in [2.75, 3.05) is 5.73 Å². The Balaban J connectivity index is 2.31. The molecule has 0 aliphatic heterocycles. The van der Waals surface area contributed by atoms with E-state index in [1.165, 1.54) is 17.1 Å². The first-order valence-corrected chi connectivity index (χ1v) is 6.09. The van der Waals surface area contributed by atoms with E-state index >= 15 is 0 Å². The summed E-state index contributed by atoms with van der Waals surface area (Å²) in [5, 5.41) is 0. The first kappa shape index (κ1) is 10.4. The van der Waals surface area contributed by atoms with Gasteiger partial charge in [-0.2, -0.15) is 4.37 Å². The molecular formula is C10H11N3S2. The average molecular weight is 237 g/mol. The van der Waals surface area contributed by atoms with Gasteiger partial charge in [0.25, 0.3) is 0 Å². The van der Waals surface area contributed by atoms with Crippen molar-refractivity contribution < 1.29 is 0 Å². The highest BCUT2D eigenvalue weighted by atomic mass is 32.2. The van der Waals surface area contributed by atoms with Gasteiger partial charge in [-0.05, 0) is 37.0 Å². The van der Waals surface area contributed by atoms with E-state index in [1.54, 1.807) is 11.8 Å². The number of nitrogens with zero attached hydrogens (tertiary/aromatic N) is 2. The summed E-state index contributed by atoms with van der Waals surface area (Å²) in [7, 11) is 0. The maximum Gasteiger partial charge on any atom is 0.174 e. The van der Waals surface area contributed by atoms with Crippen molar-refractivity contribution in [3.8, 4) is 0 Å². The van der Waals surface area contributed by atoms with Crippen molar-refractivity contribution in [1.82, 2.24) is 9.36 Å². The van der Waals surface area contributed by atoms with Gasteiger partial charge in [-0.15, -0.1) is 0 Å². The lowest BCUT2D eigenvalue weighted by Crippen LogP contribution is -1.90. The molecule has 0 saturated heterocycles. The first-order chi connectivity index (χ1) is 7.16. The van der Waals surface area contributed by atoms with Gasteiger partial charge in [0.1, 0.15) is 5.82 Å². The zero-order chi connectivity index (χ0) is 10.8. The molecule has 0 aliphatic rings. The molecule has 0 fully saturated rings. The van der Waals surface area contributed by atoms with Crippen LogP contribution in [0.25, 0.3) is 0 Å². The third kappa shape index (κ3) is 2.30. The van der Waals surface area contributed by atoms with Crippen molar-refractivity contribution in [2.24, 2.45) is 0 Å². The Morgan fingerprint density at radius 3 is 2.73 bits per heavy atom. The third-order valence-electron chi connectivity index (χ3n) is 1.94. The molecule has 0 spiro atoms. The van der Waals surface area contributed by atoms with Crippen LogP contribution in [0, 0.1) is 13.8 Å². The number of nitrogen functional groups attached to an aromatic ring is 1. The van der Waals surface area contributed by atoms with Crippen LogP contribution in [-0.2, 0) is 0 Å². The molecule has 2 aromatic rings. The van der Waals surface area contributed by atoms with Crippen molar-refractivity contribution in [3.63, 3.8) is 0 Å². The molecule has 0 bridgehead atoms.